The van der Waals surface area contributed by atoms with Gasteiger partial charge in [-0.3, -0.25) is 0 Å². The number of nitrogens with zero attached hydrogens (tertiary/aromatic N) is 3. The van der Waals surface area contributed by atoms with E-state index < -0.39 is 17.3 Å². The number of carbonyl (C=O) groups is 1. The molecule has 0 spiro atoms. The number of carboxylic acid groups (broad SMARTS) is 1. The van der Waals surface area contributed by atoms with Gasteiger partial charge >= 0.3 is 5.97 Å². The van der Waals surface area contributed by atoms with Gasteiger partial charge < -0.3 is 15.7 Å². The Kier molecular flexibility index (Phi) is 5.40. The predicted molar refractivity (Wildman–Crippen MR) is 121 cm³/mol. The molecule has 0 saturated heterocycles. The summed E-state index contributed by atoms with van der Waals surface area (Å²) < 4.78 is 27.3. The summed E-state index contributed by atoms with van der Waals surface area (Å²) in [7, 11) is 0. The van der Waals surface area contributed by atoms with Gasteiger partial charge in [0.1, 0.15) is 6.07 Å². The minimum absolute atomic E-state index is 0.0310. The van der Waals surface area contributed by atoms with E-state index in [1.54, 1.807) is 24.3 Å². The minimum Gasteiger partial charge on any atom is -0.478 e. The van der Waals surface area contributed by atoms with Crippen molar-refractivity contribution < 1.29 is 18.7 Å². The van der Waals surface area contributed by atoms with Crippen LogP contribution in [0.5, 0.6) is 0 Å². The Labute approximate surface area is 189 Å². The first-order chi connectivity index (χ1) is 15.5. The topological polar surface area (TPSA) is 111 Å². The predicted octanol–water partition coefficient (Wildman–Crippen LogP) is 5.14. The lowest BCUT2D eigenvalue weighted by atomic mass is 10.0. The van der Waals surface area contributed by atoms with Gasteiger partial charge in [-0.2, -0.15) is 5.26 Å². The first-order valence-electron chi connectivity index (χ1n) is 10.5. The minimum atomic E-state index is -2.74. The number of benzene rings is 2. The van der Waals surface area contributed by atoms with E-state index in [4.69, 9.17) is 0 Å². The summed E-state index contributed by atoms with van der Waals surface area (Å²) in [5, 5.41) is 25.1. The smallest absolute Gasteiger partial charge is 0.337 e. The van der Waals surface area contributed by atoms with Gasteiger partial charge in [-0.15, -0.1) is 0 Å². The van der Waals surface area contributed by atoms with E-state index in [2.05, 4.69) is 20.6 Å². The SMILES string of the molecule is Cc1cc([C@@H](C)Nc2ccccc2C(=O)O)c2nc(NCC3(C)CC3(F)F)c(C#N)nc2c1. The molecule has 3 aromatic rings. The van der Waals surface area contributed by atoms with E-state index in [0.717, 1.165) is 11.1 Å². The van der Waals surface area contributed by atoms with E-state index in [0.29, 0.717) is 16.7 Å². The van der Waals surface area contributed by atoms with Crippen LogP contribution in [0.1, 0.15) is 53.5 Å². The van der Waals surface area contributed by atoms with Crippen LogP contribution in [0.4, 0.5) is 20.3 Å². The first kappa shape index (κ1) is 22.4. The number of alkyl halides is 2. The van der Waals surface area contributed by atoms with Crippen LogP contribution in [0.2, 0.25) is 0 Å². The third kappa shape index (κ3) is 4.16. The maximum atomic E-state index is 13.6. The maximum Gasteiger partial charge on any atom is 0.337 e. The lowest BCUT2D eigenvalue weighted by Crippen LogP contribution is -2.20. The highest BCUT2D eigenvalue weighted by Crippen LogP contribution is 2.60. The van der Waals surface area contributed by atoms with E-state index in [1.165, 1.54) is 13.0 Å². The number of halogens is 2. The van der Waals surface area contributed by atoms with Gasteiger partial charge in [-0.25, -0.2) is 23.5 Å². The second-order valence-electron chi connectivity index (χ2n) is 8.77. The summed E-state index contributed by atoms with van der Waals surface area (Å²) in [6, 6.07) is 11.9. The van der Waals surface area contributed by atoms with Gasteiger partial charge in [0.2, 0.25) is 0 Å². The van der Waals surface area contributed by atoms with Crippen LogP contribution in [0.3, 0.4) is 0 Å². The number of fused-ring (bicyclic) bond motifs is 1. The molecule has 2 atom stereocenters. The van der Waals surface area contributed by atoms with Crippen LogP contribution in [0.15, 0.2) is 36.4 Å². The lowest BCUT2D eigenvalue weighted by molar-refractivity contribution is 0.0696. The zero-order valence-corrected chi connectivity index (χ0v) is 18.4. The molecule has 7 nitrogen and oxygen atoms in total. The van der Waals surface area contributed by atoms with Crippen LogP contribution in [0, 0.1) is 23.7 Å². The van der Waals surface area contributed by atoms with Crippen molar-refractivity contribution in [2.24, 2.45) is 5.41 Å². The molecule has 1 aliphatic rings. The first-order valence-corrected chi connectivity index (χ1v) is 10.5. The fraction of sp³-hybridized carbons (Fsp3) is 0.333. The molecule has 0 radical (unpaired) electrons. The number of hydrogen-bond donors (Lipinski definition) is 3. The van der Waals surface area contributed by atoms with Crippen molar-refractivity contribution in [3.63, 3.8) is 0 Å². The molecule has 1 unspecified atom stereocenters. The van der Waals surface area contributed by atoms with Gasteiger partial charge in [0.15, 0.2) is 11.5 Å². The number of nitriles is 1. The summed E-state index contributed by atoms with van der Waals surface area (Å²) in [6.45, 7) is 5.21. The molecule has 33 heavy (non-hydrogen) atoms. The number of aromatic nitrogens is 2. The number of aryl methyl sites for hydroxylation is 1. The van der Waals surface area contributed by atoms with Crippen LogP contribution in [-0.4, -0.2) is 33.5 Å². The summed E-state index contributed by atoms with van der Waals surface area (Å²) in [6.07, 6.45) is -0.218. The Morgan fingerprint density at radius 2 is 2.00 bits per heavy atom. The number of hydrogen-bond acceptors (Lipinski definition) is 6. The molecule has 1 saturated carbocycles. The van der Waals surface area contributed by atoms with Gasteiger partial charge in [0.05, 0.1) is 28.1 Å². The molecular weight excluding hydrogens is 428 g/mol. The fourth-order valence-electron chi connectivity index (χ4n) is 3.89. The van der Waals surface area contributed by atoms with Crippen molar-refractivity contribution in [3.8, 4) is 6.07 Å². The highest BCUT2D eigenvalue weighted by atomic mass is 19.3. The van der Waals surface area contributed by atoms with Crippen LogP contribution in [-0.2, 0) is 0 Å². The number of nitrogens with one attached hydrogen (secondary N) is 2. The Morgan fingerprint density at radius 1 is 1.30 bits per heavy atom. The Hall–Kier alpha value is -3.80. The average molecular weight is 451 g/mol. The number of anilines is 2. The third-order valence-corrected chi connectivity index (χ3v) is 6.06. The number of rotatable bonds is 7. The second kappa shape index (κ2) is 7.96. The summed E-state index contributed by atoms with van der Waals surface area (Å²) in [5.41, 5.74) is 2.08. The Balaban J connectivity index is 1.72. The van der Waals surface area contributed by atoms with Gasteiger partial charge in [-0.05, 0) is 37.6 Å². The summed E-state index contributed by atoms with van der Waals surface area (Å²) >= 11 is 0. The summed E-state index contributed by atoms with van der Waals surface area (Å²) in [5.74, 6) is -3.64. The Bertz CT molecular complexity index is 1300. The summed E-state index contributed by atoms with van der Waals surface area (Å²) in [4.78, 5) is 20.6. The average Bonchev–Trinajstić information content (AvgIpc) is 3.28. The zero-order valence-electron chi connectivity index (χ0n) is 18.4. The van der Waals surface area contributed by atoms with E-state index in [-0.39, 0.29) is 36.1 Å². The van der Waals surface area contributed by atoms with E-state index >= 15 is 0 Å². The van der Waals surface area contributed by atoms with Gasteiger partial charge in [-0.1, -0.05) is 25.1 Å². The number of carboxylic acids is 1. The quantitative estimate of drug-likeness (QED) is 0.456. The number of para-hydroxylation sites is 1. The molecule has 9 heteroatoms. The molecule has 1 fully saturated rings. The molecule has 2 aromatic carbocycles. The molecule has 0 amide bonds. The number of aromatic carboxylic acids is 1. The van der Waals surface area contributed by atoms with E-state index in [9.17, 15) is 23.9 Å². The largest absolute Gasteiger partial charge is 0.478 e. The highest BCUT2D eigenvalue weighted by Gasteiger charge is 2.67. The van der Waals surface area contributed by atoms with Gasteiger partial charge in [0.25, 0.3) is 5.92 Å². The van der Waals surface area contributed by atoms with Crippen LogP contribution >= 0.6 is 0 Å². The molecule has 0 aliphatic heterocycles. The molecule has 4 rings (SSSR count). The zero-order chi connectivity index (χ0) is 24.0. The normalized spacial score (nSPS) is 19.5. The second-order valence-corrected chi connectivity index (χ2v) is 8.77. The maximum absolute atomic E-state index is 13.6. The van der Waals surface area contributed by atoms with Crippen molar-refractivity contribution in [2.45, 2.75) is 39.2 Å². The van der Waals surface area contributed by atoms with E-state index in [1.807, 2.05) is 26.0 Å². The molecule has 1 heterocycles. The monoisotopic (exact) mass is 451 g/mol. The molecule has 3 N–H and O–H groups in total. The van der Waals surface area contributed by atoms with Crippen molar-refractivity contribution in [3.05, 3.63) is 58.8 Å². The van der Waals surface area contributed by atoms with Crippen molar-refractivity contribution in [1.29, 1.82) is 5.26 Å². The Morgan fingerprint density at radius 3 is 2.64 bits per heavy atom. The van der Waals surface area contributed by atoms with Crippen molar-refractivity contribution in [1.82, 2.24) is 9.97 Å². The molecule has 0 bridgehead atoms. The fourth-order valence-corrected chi connectivity index (χ4v) is 3.89. The molecule has 1 aromatic heterocycles. The molecular formula is C24H23F2N5O2. The standard InChI is InChI=1S/C24H23F2N5O2/c1-13-8-16(14(2)29-17-7-5-4-6-15(17)22(32)33)20-18(9-13)30-19(10-27)21(31-20)28-12-23(3)11-24(23,25)26/h4-9,14,29H,11-12H2,1-3H3,(H,28,31)(H,32,33)/t14-,23?/m1/s1. The van der Waals surface area contributed by atoms with Crippen molar-refractivity contribution in [2.75, 3.05) is 17.2 Å². The molecule has 170 valence electrons. The van der Waals surface area contributed by atoms with Crippen LogP contribution < -0.4 is 10.6 Å². The van der Waals surface area contributed by atoms with Gasteiger partial charge in [0, 0.05) is 24.2 Å². The lowest BCUT2D eigenvalue weighted by Gasteiger charge is -2.20. The highest BCUT2D eigenvalue weighted by molar-refractivity contribution is 5.94. The van der Waals surface area contributed by atoms with Crippen LogP contribution in [0.25, 0.3) is 11.0 Å². The third-order valence-electron chi connectivity index (χ3n) is 6.06. The van der Waals surface area contributed by atoms with Crippen molar-refractivity contribution >= 4 is 28.5 Å². The molecule has 1 aliphatic carbocycles.